The van der Waals surface area contributed by atoms with E-state index in [1.807, 2.05) is 24.3 Å². The highest BCUT2D eigenvalue weighted by atomic mass is 15.0. The van der Waals surface area contributed by atoms with Gasteiger partial charge in [-0.1, -0.05) is 206 Å². The lowest BCUT2D eigenvalue weighted by atomic mass is 9.87. The summed E-state index contributed by atoms with van der Waals surface area (Å²) in [5, 5.41) is 7.29. The second-order valence-corrected chi connectivity index (χ2v) is 15.4. The third-order valence-electron chi connectivity index (χ3n) is 12.1. The average Bonchev–Trinajstić information content (AvgIpc) is 3.66. The molecule has 0 atom stereocenters. The normalized spacial score (nSPS) is 11.7. The van der Waals surface area contributed by atoms with Crippen LogP contribution in [-0.2, 0) is 0 Å². The van der Waals surface area contributed by atoms with Gasteiger partial charge >= 0.3 is 0 Å². The molecule has 0 saturated heterocycles. The van der Waals surface area contributed by atoms with Gasteiger partial charge in [-0.3, -0.25) is 0 Å². The number of hydrogen-bond acceptors (Lipinski definition) is 3. The van der Waals surface area contributed by atoms with Crippen molar-refractivity contribution in [1.82, 2.24) is 15.0 Å². The molecule has 0 amide bonds. The molecule has 1 aliphatic rings. The number of nitrogens with zero attached hydrogens (tertiary/aromatic N) is 3. The second-order valence-electron chi connectivity index (χ2n) is 15.4. The Morgan fingerprint density at radius 2 is 0.533 bits per heavy atom. The molecule has 11 aromatic rings. The van der Waals surface area contributed by atoms with Crippen LogP contribution < -0.4 is 0 Å². The summed E-state index contributed by atoms with van der Waals surface area (Å²) in [5.74, 6) is 1.92. The van der Waals surface area contributed by atoms with Crippen LogP contribution in [-0.4, -0.2) is 15.0 Å². The van der Waals surface area contributed by atoms with Gasteiger partial charge in [-0.2, -0.15) is 0 Å². The van der Waals surface area contributed by atoms with Crippen molar-refractivity contribution in [2.24, 2.45) is 0 Å². The Morgan fingerprint density at radius 3 is 1.12 bits per heavy atom. The fourth-order valence-corrected chi connectivity index (χ4v) is 9.42. The van der Waals surface area contributed by atoms with Gasteiger partial charge in [0.1, 0.15) is 0 Å². The first-order valence-corrected chi connectivity index (χ1v) is 20.4. The maximum Gasteiger partial charge on any atom is 0.164 e. The van der Waals surface area contributed by atoms with Gasteiger partial charge in [0.15, 0.2) is 17.5 Å². The zero-order chi connectivity index (χ0) is 39.6. The van der Waals surface area contributed by atoms with Gasteiger partial charge in [-0.25, -0.2) is 15.0 Å². The molecule has 3 heteroatoms. The number of rotatable bonds is 6. The summed E-state index contributed by atoms with van der Waals surface area (Å²) in [6, 6.07) is 75.7. The van der Waals surface area contributed by atoms with Crippen molar-refractivity contribution in [3.8, 4) is 89.8 Å². The van der Waals surface area contributed by atoms with Gasteiger partial charge in [0.25, 0.3) is 0 Å². The van der Waals surface area contributed by atoms with E-state index in [1.165, 1.54) is 66.1 Å². The minimum atomic E-state index is 0.638. The van der Waals surface area contributed by atoms with E-state index in [2.05, 4.69) is 188 Å². The van der Waals surface area contributed by atoms with Gasteiger partial charge in [0.2, 0.25) is 0 Å². The summed E-state index contributed by atoms with van der Waals surface area (Å²) in [6.45, 7) is 0. The molecule has 10 aromatic carbocycles. The molecule has 0 spiro atoms. The van der Waals surface area contributed by atoms with Crippen molar-refractivity contribution in [3.05, 3.63) is 212 Å². The lowest BCUT2D eigenvalue weighted by molar-refractivity contribution is 1.08. The molecule has 1 heterocycles. The highest BCUT2D eigenvalue weighted by Crippen LogP contribution is 2.50. The molecule has 3 nitrogen and oxygen atoms in total. The van der Waals surface area contributed by atoms with Crippen molar-refractivity contribution >= 4 is 32.3 Å². The molecule has 60 heavy (non-hydrogen) atoms. The molecule has 1 aromatic heterocycles. The molecule has 0 bridgehead atoms. The van der Waals surface area contributed by atoms with Crippen molar-refractivity contribution in [2.45, 2.75) is 0 Å². The summed E-state index contributed by atoms with van der Waals surface area (Å²) in [4.78, 5) is 15.6. The topological polar surface area (TPSA) is 38.7 Å². The molecule has 0 aliphatic heterocycles. The molecule has 0 fully saturated rings. The van der Waals surface area contributed by atoms with Crippen LogP contribution in [0.25, 0.3) is 122 Å². The third-order valence-corrected chi connectivity index (χ3v) is 12.1. The first kappa shape index (κ1) is 34.1. The van der Waals surface area contributed by atoms with Crippen LogP contribution >= 0.6 is 0 Å². The maximum absolute atomic E-state index is 5.27. The SMILES string of the molecule is c1ccc(-c2nc(-c3ccccc3-c3ccccc3)nc(-c3ccc(-c4ccc(-c5ccc6c7c(cccc57)-c5ccccc5-6)c5ccccc45)c4ccccc34)n2)cc1. The maximum atomic E-state index is 5.27. The van der Waals surface area contributed by atoms with Gasteiger partial charge in [-0.05, 0) is 94.0 Å². The predicted molar refractivity (Wildman–Crippen MR) is 249 cm³/mol. The average molecular weight is 762 g/mol. The third kappa shape index (κ3) is 5.40. The summed E-state index contributed by atoms with van der Waals surface area (Å²) in [6.07, 6.45) is 0. The molecule has 278 valence electrons. The minimum Gasteiger partial charge on any atom is -0.208 e. The second kappa shape index (κ2) is 13.8. The van der Waals surface area contributed by atoms with Crippen LogP contribution in [0.5, 0.6) is 0 Å². The van der Waals surface area contributed by atoms with Crippen LogP contribution in [0.2, 0.25) is 0 Å². The molecular formula is C57H35N3. The highest BCUT2D eigenvalue weighted by molar-refractivity contribution is 6.21. The van der Waals surface area contributed by atoms with Crippen LogP contribution in [0.15, 0.2) is 212 Å². The van der Waals surface area contributed by atoms with Gasteiger partial charge < -0.3 is 0 Å². The van der Waals surface area contributed by atoms with E-state index in [4.69, 9.17) is 15.0 Å². The summed E-state index contributed by atoms with van der Waals surface area (Å²) in [7, 11) is 0. The lowest BCUT2D eigenvalue weighted by Crippen LogP contribution is -2.01. The molecule has 0 radical (unpaired) electrons. The Labute approximate surface area is 348 Å². The van der Waals surface area contributed by atoms with Crippen LogP contribution in [0.1, 0.15) is 0 Å². The Morgan fingerprint density at radius 1 is 0.183 bits per heavy atom. The fourth-order valence-electron chi connectivity index (χ4n) is 9.42. The first-order chi connectivity index (χ1) is 29.8. The summed E-state index contributed by atoms with van der Waals surface area (Å²) in [5.41, 5.74) is 15.1. The lowest BCUT2D eigenvalue weighted by Gasteiger charge is -2.17. The zero-order valence-electron chi connectivity index (χ0n) is 32.5. The molecule has 0 N–H and O–H groups in total. The Bertz CT molecular complexity index is 3450. The standard InChI is InChI=1S/C57H35N3/c1-3-16-36(17-4-1)38-20-7-14-27-52(38)56-58-55(37-18-5-2-6-19-37)59-57(60-56)53-35-33-46(41-23-10-13-26-44(41)53)45-30-31-47(40-22-9-8-21-39(40)45)48-32-34-51-43-25-12-11-24-42(43)49-28-15-29-50(48)54(49)51/h1-35H. The molecular weight excluding hydrogens is 727 g/mol. The quantitative estimate of drug-likeness (QED) is 0.169. The Balaban J connectivity index is 1.03. The van der Waals surface area contributed by atoms with E-state index in [1.54, 1.807) is 0 Å². The zero-order valence-corrected chi connectivity index (χ0v) is 32.5. The molecule has 0 unspecified atom stereocenters. The fraction of sp³-hybridized carbons (Fsp3) is 0. The van der Waals surface area contributed by atoms with Crippen LogP contribution in [0.4, 0.5) is 0 Å². The van der Waals surface area contributed by atoms with E-state index < -0.39 is 0 Å². The first-order valence-electron chi connectivity index (χ1n) is 20.4. The number of fused-ring (bicyclic) bond motifs is 5. The summed E-state index contributed by atoms with van der Waals surface area (Å²) >= 11 is 0. The van der Waals surface area contributed by atoms with Gasteiger partial charge in [-0.15, -0.1) is 0 Å². The number of benzene rings is 10. The Kier molecular flexibility index (Phi) is 7.85. The van der Waals surface area contributed by atoms with Crippen molar-refractivity contribution in [1.29, 1.82) is 0 Å². The predicted octanol–water partition coefficient (Wildman–Crippen LogP) is 15.0. The molecule has 0 saturated carbocycles. The van der Waals surface area contributed by atoms with E-state index in [0.29, 0.717) is 17.5 Å². The van der Waals surface area contributed by atoms with E-state index in [0.717, 1.165) is 38.6 Å². The van der Waals surface area contributed by atoms with Crippen LogP contribution in [0.3, 0.4) is 0 Å². The van der Waals surface area contributed by atoms with Gasteiger partial charge in [0.05, 0.1) is 0 Å². The monoisotopic (exact) mass is 761 g/mol. The molecule has 1 aliphatic carbocycles. The highest BCUT2D eigenvalue weighted by Gasteiger charge is 2.24. The van der Waals surface area contributed by atoms with Crippen molar-refractivity contribution < 1.29 is 0 Å². The smallest absolute Gasteiger partial charge is 0.164 e. The minimum absolute atomic E-state index is 0.638. The summed E-state index contributed by atoms with van der Waals surface area (Å²) < 4.78 is 0. The van der Waals surface area contributed by atoms with E-state index in [-0.39, 0.29) is 0 Å². The van der Waals surface area contributed by atoms with Crippen molar-refractivity contribution in [3.63, 3.8) is 0 Å². The molecule has 12 rings (SSSR count). The number of hydrogen-bond donors (Lipinski definition) is 0. The Hall–Kier alpha value is -8.01. The largest absolute Gasteiger partial charge is 0.208 e. The van der Waals surface area contributed by atoms with Gasteiger partial charge in [0, 0.05) is 16.7 Å². The number of aromatic nitrogens is 3. The van der Waals surface area contributed by atoms with Crippen molar-refractivity contribution in [2.75, 3.05) is 0 Å². The van der Waals surface area contributed by atoms with Crippen LogP contribution in [0, 0.1) is 0 Å². The van der Waals surface area contributed by atoms with E-state index >= 15 is 0 Å². The van der Waals surface area contributed by atoms with E-state index in [9.17, 15) is 0 Å².